The van der Waals surface area contributed by atoms with E-state index in [4.69, 9.17) is 0 Å². The molecule has 1 aliphatic carbocycles. The lowest BCUT2D eigenvalue weighted by atomic mass is 9.85. The van der Waals surface area contributed by atoms with Crippen molar-refractivity contribution in [2.75, 3.05) is 6.54 Å². The topological polar surface area (TPSA) is 29.9 Å². The Bertz CT molecular complexity index is 356. The number of hydrogen-bond acceptors (Lipinski definition) is 2. The van der Waals surface area contributed by atoms with E-state index in [1.807, 2.05) is 11.7 Å². The summed E-state index contributed by atoms with van der Waals surface area (Å²) in [5.41, 5.74) is 1.30. The average molecular weight is 249 g/mol. The Hall–Kier alpha value is -0.830. The molecule has 0 saturated heterocycles. The smallest absolute Gasteiger partial charge is 0.0658 e. The Kier molecular flexibility index (Phi) is 4.81. The van der Waals surface area contributed by atoms with Crippen molar-refractivity contribution in [2.45, 2.75) is 57.9 Å². The third-order valence-corrected chi connectivity index (χ3v) is 4.06. The molecule has 3 nitrogen and oxygen atoms in total. The lowest BCUT2D eigenvalue weighted by molar-refractivity contribution is 0.356. The molecule has 1 fully saturated rings. The summed E-state index contributed by atoms with van der Waals surface area (Å²) in [4.78, 5) is 0. The van der Waals surface area contributed by atoms with Crippen LogP contribution in [0.3, 0.4) is 0 Å². The summed E-state index contributed by atoms with van der Waals surface area (Å²) in [6, 6.07) is 2.79. The van der Waals surface area contributed by atoms with Gasteiger partial charge < -0.3 is 5.32 Å². The molecule has 3 heteroatoms. The van der Waals surface area contributed by atoms with Gasteiger partial charge in [0.05, 0.1) is 5.69 Å². The summed E-state index contributed by atoms with van der Waals surface area (Å²) in [6.45, 7) is 5.60. The van der Waals surface area contributed by atoms with Gasteiger partial charge in [-0.3, -0.25) is 4.68 Å². The van der Waals surface area contributed by atoms with Gasteiger partial charge in [-0.1, -0.05) is 33.1 Å². The van der Waals surface area contributed by atoms with Crippen LogP contribution in [0.5, 0.6) is 0 Å². The Morgan fingerprint density at radius 3 is 2.78 bits per heavy atom. The molecule has 102 valence electrons. The molecule has 1 aromatic rings. The summed E-state index contributed by atoms with van der Waals surface area (Å²) in [5, 5.41) is 8.26. The van der Waals surface area contributed by atoms with E-state index in [1.165, 1.54) is 37.8 Å². The van der Waals surface area contributed by atoms with Crippen LogP contribution < -0.4 is 5.32 Å². The largest absolute Gasteiger partial charge is 0.314 e. The van der Waals surface area contributed by atoms with Crippen LogP contribution in [0.1, 0.15) is 57.6 Å². The Labute approximate surface area is 111 Å². The first-order valence-electron chi connectivity index (χ1n) is 7.39. The zero-order chi connectivity index (χ0) is 13.0. The van der Waals surface area contributed by atoms with Crippen molar-refractivity contribution in [1.82, 2.24) is 15.1 Å². The summed E-state index contributed by atoms with van der Waals surface area (Å²) in [5.74, 6) is 1.41. The van der Waals surface area contributed by atoms with E-state index in [0.717, 1.165) is 12.5 Å². The predicted molar refractivity (Wildman–Crippen MR) is 75.7 cm³/mol. The van der Waals surface area contributed by atoms with Crippen LogP contribution in [0.25, 0.3) is 0 Å². The molecule has 1 heterocycles. The molecular formula is C15H27N3. The van der Waals surface area contributed by atoms with Gasteiger partial charge >= 0.3 is 0 Å². The third-order valence-electron chi connectivity index (χ3n) is 4.06. The predicted octanol–water partition coefficient (Wildman–Crippen LogP) is 3.08. The van der Waals surface area contributed by atoms with Gasteiger partial charge in [-0.15, -0.1) is 0 Å². The molecule has 2 unspecified atom stereocenters. The fourth-order valence-corrected chi connectivity index (χ4v) is 3.04. The maximum atomic E-state index is 4.64. The van der Waals surface area contributed by atoms with Crippen LogP contribution >= 0.6 is 0 Å². The zero-order valence-electron chi connectivity index (χ0n) is 12.0. The standard InChI is InChI=1S/C15H27N3/c1-12(2)16-11-13-7-5-4-6-8-14(13)15-9-10-18(3)17-15/h9-10,12-14,16H,4-8,11H2,1-3H3. The van der Waals surface area contributed by atoms with E-state index >= 15 is 0 Å². The number of hydrogen-bond donors (Lipinski definition) is 1. The SMILES string of the molecule is CC(C)NCC1CCCCCC1c1ccn(C)n1. The van der Waals surface area contributed by atoms with Crippen molar-refractivity contribution in [2.24, 2.45) is 13.0 Å². The molecule has 0 radical (unpaired) electrons. The van der Waals surface area contributed by atoms with Crippen LogP contribution in [0, 0.1) is 5.92 Å². The summed E-state index contributed by atoms with van der Waals surface area (Å²) in [7, 11) is 2.02. The van der Waals surface area contributed by atoms with Gasteiger partial charge in [0.15, 0.2) is 0 Å². The number of nitrogens with one attached hydrogen (secondary N) is 1. The first kappa shape index (κ1) is 13.6. The highest BCUT2D eigenvalue weighted by Gasteiger charge is 2.26. The molecule has 0 amide bonds. The molecule has 2 atom stereocenters. The average Bonchev–Trinajstić information content (AvgIpc) is 2.63. The highest BCUT2D eigenvalue weighted by molar-refractivity contribution is 5.09. The van der Waals surface area contributed by atoms with Gasteiger partial charge in [-0.05, 0) is 31.4 Å². The van der Waals surface area contributed by atoms with Crippen LogP contribution in [-0.4, -0.2) is 22.4 Å². The van der Waals surface area contributed by atoms with Crippen LogP contribution in [0.15, 0.2) is 12.3 Å². The van der Waals surface area contributed by atoms with Crippen molar-refractivity contribution in [3.8, 4) is 0 Å². The fraction of sp³-hybridized carbons (Fsp3) is 0.800. The van der Waals surface area contributed by atoms with Gasteiger partial charge in [0.1, 0.15) is 0 Å². The van der Waals surface area contributed by atoms with Crippen molar-refractivity contribution in [3.63, 3.8) is 0 Å². The Balaban J connectivity index is 2.06. The van der Waals surface area contributed by atoms with E-state index in [2.05, 4.69) is 36.5 Å². The first-order chi connectivity index (χ1) is 8.66. The molecule has 1 aromatic heterocycles. The molecule has 2 rings (SSSR count). The fourth-order valence-electron chi connectivity index (χ4n) is 3.04. The van der Waals surface area contributed by atoms with Gasteiger partial charge in [0.25, 0.3) is 0 Å². The molecule has 1 saturated carbocycles. The van der Waals surface area contributed by atoms with Crippen molar-refractivity contribution in [1.29, 1.82) is 0 Å². The van der Waals surface area contributed by atoms with Gasteiger partial charge in [0, 0.05) is 25.2 Å². The first-order valence-corrected chi connectivity index (χ1v) is 7.39. The van der Waals surface area contributed by atoms with Gasteiger partial charge in [0.2, 0.25) is 0 Å². The molecule has 1 N–H and O–H groups in total. The minimum Gasteiger partial charge on any atom is -0.314 e. The van der Waals surface area contributed by atoms with E-state index in [0.29, 0.717) is 12.0 Å². The molecule has 0 bridgehead atoms. The van der Waals surface area contributed by atoms with E-state index in [9.17, 15) is 0 Å². The van der Waals surface area contributed by atoms with Gasteiger partial charge in [-0.25, -0.2) is 0 Å². The minimum absolute atomic E-state index is 0.581. The van der Waals surface area contributed by atoms with Crippen LogP contribution in [0.4, 0.5) is 0 Å². The molecule has 1 aliphatic rings. The highest BCUT2D eigenvalue weighted by atomic mass is 15.2. The number of aryl methyl sites for hydroxylation is 1. The zero-order valence-corrected chi connectivity index (χ0v) is 12.0. The summed E-state index contributed by atoms with van der Waals surface area (Å²) >= 11 is 0. The van der Waals surface area contributed by atoms with E-state index in [-0.39, 0.29) is 0 Å². The monoisotopic (exact) mass is 249 g/mol. The van der Waals surface area contributed by atoms with E-state index < -0.39 is 0 Å². The molecule has 0 aliphatic heterocycles. The van der Waals surface area contributed by atoms with Crippen LogP contribution in [-0.2, 0) is 7.05 Å². The van der Waals surface area contributed by atoms with Crippen LogP contribution in [0.2, 0.25) is 0 Å². The molecule has 0 spiro atoms. The van der Waals surface area contributed by atoms with Crippen molar-refractivity contribution in [3.05, 3.63) is 18.0 Å². The Morgan fingerprint density at radius 1 is 1.33 bits per heavy atom. The lowest BCUT2D eigenvalue weighted by Crippen LogP contribution is -2.31. The lowest BCUT2D eigenvalue weighted by Gasteiger charge is -2.25. The maximum absolute atomic E-state index is 4.64. The second-order valence-electron chi connectivity index (χ2n) is 5.98. The third kappa shape index (κ3) is 3.58. The van der Waals surface area contributed by atoms with Crippen molar-refractivity contribution < 1.29 is 0 Å². The molecular weight excluding hydrogens is 222 g/mol. The number of nitrogens with zero attached hydrogens (tertiary/aromatic N) is 2. The number of rotatable bonds is 4. The molecule has 0 aromatic carbocycles. The Morgan fingerprint density at radius 2 is 2.11 bits per heavy atom. The highest BCUT2D eigenvalue weighted by Crippen LogP contribution is 2.35. The number of aromatic nitrogens is 2. The summed E-state index contributed by atoms with van der Waals surface area (Å²) < 4.78 is 1.94. The second kappa shape index (κ2) is 6.37. The van der Waals surface area contributed by atoms with Crippen molar-refractivity contribution >= 4 is 0 Å². The normalized spacial score (nSPS) is 25.3. The quantitative estimate of drug-likeness (QED) is 0.831. The minimum atomic E-state index is 0.581. The second-order valence-corrected chi connectivity index (χ2v) is 5.98. The van der Waals surface area contributed by atoms with Gasteiger partial charge in [-0.2, -0.15) is 5.10 Å². The van der Waals surface area contributed by atoms with E-state index in [1.54, 1.807) is 0 Å². The summed E-state index contributed by atoms with van der Waals surface area (Å²) in [6.07, 6.45) is 8.87. The molecule has 18 heavy (non-hydrogen) atoms. The maximum Gasteiger partial charge on any atom is 0.0658 e.